The zero-order valence-corrected chi connectivity index (χ0v) is 29.7. The maximum absolute atomic E-state index is 9.29. The molecule has 0 fully saturated rings. The molecule has 26 heavy (non-hydrogen) atoms. The summed E-state index contributed by atoms with van der Waals surface area (Å²) in [5.74, 6) is 0. The van der Waals surface area contributed by atoms with Crippen molar-refractivity contribution in [2.75, 3.05) is 0 Å². The van der Waals surface area contributed by atoms with Gasteiger partial charge in [-0.1, -0.05) is 59.3 Å². The fourth-order valence-electron chi connectivity index (χ4n) is 1.22. The summed E-state index contributed by atoms with van der Waals surface area (Å²) in [7, 11) is 0. The average molecular weight is 579 g/mol. The van der Waals surface area contributed by atoms with Crippen LogP contribution in [0.3, 0.4) is 0 Å². The van der Waals surface area contributed by atoms with Gasteiger partial charge >= 0.3 is 58.4 Å². The van der Waals surface area contributed by atoms with Crippen LogP contribution in [0.15, 0.2) is 0 Å². The third kappa shape index (κ3) is 128. The molecule has 0 heterocycles. The molecule has 2 nitrogen and oxygen atoms in total. The summed E-state index contributed by atoms with van der Waals surface area (Å²) in [6.07, 6.45) is 18.5. The molecule has 0 aliphatic rings. The fraction of sp³-hybridized carbons (Fsp3) is 0.833. The Morgan fingerprint density at radius 1 is 0.692 bits per heavy atom. The molecular weight excluding hydrogens is 539 g/mol. The van der Waals surface area contributed by atoms with Gasteiger partial charge in [0.2, 0.25) is 0 Å². The standard InChI is InChI=1S/3C6H13.H3O2PS2.3Zn/c3*1-3-5-6-4-2;1-3(2,4)5;;;/h3*3H,4-6H2,1-2H3;(H3,1,2,4,5);;;/q3*-1;;3*+2/p-3. The molecule has 0 amide bonds. The Balaban J connectivity index is -0.0000000357. The Morgan fingerprint density at radius 2 is 0.846 bits per heavy atom. The first-order valence-electron chi connectivity index (χ1n) is 8.81. The van der Waals surface area contributed by atoms with Crippen molar-refractivity contribution in [3.05, 3.63) is 19.3 Å². The quantitative estimate of drug-likeness (QED) is 0.116. The van der Waals surface area contributed by atoms with Crippen LogP contribution in [-0.2, 0) is 82.5 Å². The van der Waals surface area contributed by atoms with E-state index in [1.54, 1.807) is 0 Å². The van der Waals surface area contributed by atoms with Gasteiger partial charge in [0.25, 0.3) is 0 Å². The van der Waals surface area contributed by atoms with Crippen LogP contribution in [0.1, 0.15) is 99.3 Å². The van der Waals surface area contributed by atoms with Crippen LogP contribution in [0.2, 0.25) is 0 Å². The van der Waals surface area contributed by atoms with Crippen molar-refractivity contribution in [2.45, 2.75) is 99.3 Å². The normalized spacial score (nSPS) is 8.50. The van der Waals surface area contributed by atoms with Crippen molar-refractivity contribution in [1.82, 2.24) is 0 Å². The van der Waals surface area contributed by atoms with Crippen LogP contribution in [0.4, 0.5) is 0 Å². The van der Waals surface area contributed by atoms with E-state index < -0.39 is 5.69 Å². The van der Waals surface area contributed by atoms with Crippen molar-refractivity contribution < 1.29 is 68.2 Å². The zero-order chi connectivity index (χ0) is 19.0. The second kappa shape index (κ2) is 46.1. The monoisotopic (exact) mass is 574 g/mol. The Hall–Kier alpha value is 2.79. The average Bonchev–Trinajstić information content (AvgIpc) is 2.48. The van der Waals surface area contributed by atoms with Crippen molar-refractivity contribution in [3.63, 3.8) is 0 Å². The molecule has 0 rings (SSSR count). The smallest absolute Gasteiger partial charge is 0.850 e. The summed E-state index contributed by atoms with van der Waals surface area (Å²) >= 11 is 7.28. The Labute approximate surface area is 214 Å². The Morgan fingerprint density at radius 3 is 0.885 bits per heavy atom. The second-order valence-corrected chi connectivity index (χ2v) is 9.57. The van der Waals surface area contributed by atoms with E-state index in [1.165, 1.54) is 57.8 Å². The minimum Gasteiger partial charge on any atom is -0.850 e. The van der Waals surface area contributed by atoms with Gasteiger partial charge in [-0.3, -0.25) is 0 Å². The van der Waals surface area contributed by atoms with Crippen LogP contribution in [0, 0.1) is 19.3 Å². The molecule has 0 bridgehead atoms. The van der Waals surface area contributed by atoms with Crippen LogP contribution >= 0.6 is 5.69 Å². The summed E-state index contributed by atoms with van der Waals surface area (Å²) in [6.45, 7) is 13.0. The number of hydrogen-bond donors (Lipinski definition) is 0. The molecule has 0 radical (unpaired) electrons. The minimum atomic E-state index is -3.72. The predicted octanol–water partition coefficient (Wildman–Crippen LogP) is 5.67. The maximum atomic E-state index is 9.29. The fourth-order valence-corrected chi connectivity index (χ4v) is 1.22. The van der Waals surface area contributed by atoms with Gasteiger partial charge in [0.15, 0.2) is 0 Å². The summed E-state index contributed by atoms with van der Waals surface area (Å²) in [5.41, 5.74) is -3.72. The molecule has 0 aliphatic heterocycles. The zero-order valence-electron chi connectivity index (χ0n) is 18.3. The van der Waals surface area contributed by atoms with Gasteiger partial charge in [-0.2, -0.15) is 51.8 Å². The van der Waals surface area contributed by atoms with Gasteiger partial charge in [-0.05, 0) is 0 Å². The minimum absolute atomic E-state index is 0. The van der Waals surface area contributed by atoms with E-state index in [4.69, 9.17) is 0 Å². The van der Waals surface area contributed by atoms with E-state index in [2.05, 4.69) is 84.9 Å². The molecule has 0 spiro atoms. The van der Waals surface area contributed by atoms with Gasteiger partial charge < -0.3 is 47.0 Å². The molecular formula is C18H39O2PS2Zn3. The molecule has 146 valence electrons. The summed E-state index contributed by atoms with van der Waals surface area (Å²) in [5, 5.41) is 0. The van der Waals surface area contributed by atoms with Crippen molar-refractivity contribution in [1.29, 1.82) is 0 Å². The maximum Gasteiger partial charge on any atom is 2.00 e. The van der Waals surface area contributed by atoms with Gasteiger partial charge in [-0.25, -0.2) is 0 Å². The number of hydrogen-bond acceptors (Lipinski definition) is 4. The molecule has 0 N–H and O–H groups in total. The Kier molecular flexibility index (Phi) is 83.1. The third-order valence-corrected chi connectivity index (χ3v) is 2.54. The molecule has 0 atom stereocenters. The first-order chi connectivity index (χ1) is 10.7. The van der Waals surface area contributed by atoms with Crippen LogP contribution < -0.4 is 9.79 Å². The molecule has 8 heteroatoms. The molecule has 0 aromatic heterocycles. The molecule has 0 unspecified atom stereocenters. The van der Waals surface area contributed by atoms with Crippen molar-refractivity contribution >= 4 is 29.7 Å². The molecule has 0 aromatic rings. The van der Waals surface area contributed by atoms with E-state index in [-0.39, 0.29) is 58.4 Å². The number of unbranched alkanes of at least 4 members (excludes halogenated alkanes) is 9. The van der Waals surface area contributed by atoms with Crippen LogP contribution in [0.5, 0.6) is 0 Å². The van der Waals surface area contributed by atoms with Crippen LogP contribution in [0.25, 0.3) is 0 Å². The van der Waals surface area contributed by atoms with Gasteiger partial charge in [0, 0.05) is 0 Å². The molecule has 0 saturated heterocycles. The molecule has 0 aliphatic carbocycles. The van der Waals surface area contributed by atoms with E-state index >= 15 is 0 Å². The summed E-state index contributed by atoms with van der Waals surface area (Å²) < 4.78 is 0. The van der Waals surface area contributed by atoms with E-state index in [9.17, 15) is 9.79 Å². The van der Waals surface area contributed by atoms with E-state index in [0.717, 1.165) is 0 Å². The first kappa shape index (κ1) is 46.8. The van der Waals surface area contributed by atoms with Gasteiger partial charge in [0.1, 0.15) is 0 Å². The summed E-state index contributed by atoms with van der Waals surface area (Å²) in [4.78, 5) is 18.6. The van der Waals surface area contributed by atoms with Gasteiger partial charge in [-0.15, -0.1) is 0 Å². The topological polar surface area (TPSA) is 46.1 Å². The van der Waals surface area contributed by atoms with E-state index in [1.807, 2.05) is 0 Å². The SMILES string of the molecule is C[CH-]CCCC.C[CH-]CCCC.C[CH-]CCCC.[O-]P([O-])(=S)[S-].[Zn+2].[Zn+2].[Zn+2]. The van der Waals surface area contributed by atoms with E-state index in [0.29, 0.717) is 0 Å². The van der Waals surface area contributed by atoms with Crippen molar-refractivity contribution in [2.24, 2.45) is 0 Å². The van der Waals surface area contributed by atoms with Crippen molar-refractivity contribution in [3.8, 4) is 0 Å². The Bertz CT molecular complexity index is 183. The first-order valence-corrected chi connectivity index (χ1v) is 12.5. The summed E-state index contributed by atoms with van der Waals surface area (Å²) in [6, 6.07) is 0. The third-order valence-electron chi connectivity index (χ3n) is 2.54. The van der Waals surface area contributed by atoms with Gasteiger partial charge in [0.05, 0.1) is 0 Å². The largest absolute Gasteiger partial charge is 2.00 e. The van der Waals surface area contributed by atoms with Crippen LogP contribution in [-0.4, -0.2) is 0 Å². The second-order valence-electron chi connectivity index (χ2n) is 5.10. The number of rotatable bonds is 9. The predicted molar refractivity (Wildman–Crippen MR) is 110 cm³/mol. The molecule has 0 saturated carbocycles. The molecule has 0 aromatic carbocycles.